The predicted molar refractivity (Wildman–Crippen MR) is 104 cm³/mol. The minimum Gasteiger partial charge on any atom is -0.508 e. The first-order valence-corrected chi connectivity index (χ1v) is 9.36. The molecule has 0 aliphatic heterocycles. The van der Waals surface area contributed by atoms with Crippen molar-refractivity contribution in [2.45, 2.75) is 26.7 Å². The molecular weight excluding hydrogens is 349 g/mol. The highest BCUT2D eigenvalue weighted by Crippen LogP contribution is 2.41. The van der Waals surface area contributed by atoms with Crippen LogP contribution in [0, 0.1) is 12.7 Å². The van der Waals surface area contributed by atoms with Gasteiger partial charge in [-0.1, -0.05) is 25.5 Å². The molecule has 0 unspecified atom stereocenters. The fraction of sp³-hybridized carbons (Fsp3) is 0.190. The molecule has 26 heavy (non-hydrogen) atoms. The van der Waals surface area contributed by atoms with Crippen LogP contribution in [-0.2, 0) is 6.42 Å². The lowest BCUT2D eigenvalue weighted by molar-refractivity contribution is 0.100. The van der Waals surface area contributed by atoms with E-state index < -0.39 is 5.91 Å². The number of carbonyl (C=O) groups excluding carboxylic acids is 1. The molecule has 2 aromatic carbocycles. The first-order chi connectivity index (χ1) is 12.4. The Morgan fingerprint density at radius 3 is 2.42 bits per heavy atom. The highest BCUT2D eigenvalue weighted by atomic mass is 32.1. The van der Waals surface area contributed by atoms with Crippen LogP contribution in [0.15, 0.2) is 41.1 Å². The molecule has 0 fully saturated rings. The van der Waals surface area contributed by atoms with Crippen molar-refractivity contribution in [3.63, 3.8) is 0 Å². The Labute approximate surface area is 155 Å². The van der Waals surface area contributed by atoms with Crippen molar-refractivity contribution in [1.82, 2.24) is 0 Å². The summed E-state index contributed by atoms with van der Waals surface area (Å²) >= 11 is 1.49. The topological polar surface area (TPSA) is 63.3 Å². The number of benzene rings is 2. The Bertz CT molecular complexity index is 961. The zero-order valence-corrected chi connectivity index (χ0v) is 15.5. The van der Waals surface area contributed by atoms with Gasteiger partial charge in [0.05, 0.1) is 0 Å². The van der Waals surface area contributed by atoms with Gasteiger partial charge in [-0.25, -0.2) is 4.39 Å². The molecule has 0 aliphatic rings. The average molecular weight is 369 g/mol. The quantitative estimate of drug-likeness (QED) is 0.642. The number of aromatic hydroxyl groups is 1. The van der Waals surface area contributed by atoms with Gasteiger partial charge in [-0.2, -0.15) is 11.3 Å². The van der Waals surface area contributed by atoms with Gasteiger partial charge in [-0.15, -0.1) is 0 Å². The normalized spacial score (nSPS) is 10.9. The summed E-state index contributed by atoms with van der Waals surface area (Å²) in [5.41, 5.74) is 9.67. The molecule has 0 aliphatic carbocycles. The zero-order chi connectivity index (χ0) is 18.8. The smallest absolute Gasteiger partial charge is 0.249 e. The average Bonchev–Trinajstić information content (AvgIpc) is 3.03. The number of hydrogen-bond acceptors (Lipinski definition) is 3. The van der Waals surface area contributed by atoms with Gasteiger partial charge in [0.15, 0.2) is 0 Å². The number of rotatable bonds is 5. The lowest BCUT2D eigenvalue weighted by Gasteiger charge is -2.18. The Hall–Kier alpha value is -2.66. The fourth-order valence-electron chi connectivity index (χ4n) is 3.16. The lowest BCUT2D eigenvalue weighted by Crippen LogP contribution is -2.15. The van der Waals surface area contributed by atoms with Crippen LogP contribution in [-0.4, -0.2) is 11.0 Å². The maximum atomic E-state index is 15.5. The number of carbonyl (C=O) groups is 1. The number of phenolic OH excluding ortho intramolecular Hbond substituents is 1. The summed E-state index contributed by atoms with van der Waals surface area (Å²) in [6.45, 7) is 3.88. The number of amides is 1. The summed E-state index contributed by atoms with van der Waals surface area (Å²) in [5.74, 6) is -0.826. The van der Waals surface area contributed by atoms with E-state index in [9.17, 15) is 9.90 Å². The number of aryl methyl sites for hydroxylation is 2. The number of hydrogen-bond donors (Lipinski definition) is 2. The van der Waals surface area contributed by atoms with Gasteiger partial charge in [0.2, 0.25) is 5.91 Å². The summed E-state index contributed by atoms with van der Waals surface area (Å²) in [5, 5.41) is 13.4. The second-order valence-electron chi connectivity index (χ2n) is 6.28. The maximum absolute atomic E-state index is 15.5. The lowest BCUT2D eigenvalue weighted by atomic mass is 9.86. The van der Waals surface area contributed by atoms with E-state index in [1.54, 1.807) is 18.2 Å². The van der Waals surface area contributed by atoms with Crippen LogP contribution in [0.5, 0.6) is 5.75 Å². The number of phenols is 1. The molecule has 0 saturated carbocycles. The molecule has 0 saturated heterocycles. The van der Waals surface area contributed by atoms with E-state index in [0.29, 0.717) is 34.2 Å². The van der Waals surface area contributed by atoms with E-state index >= 15 is 4.39 Å². The van der Waals surface area contributed by atoms with Crippen molar-refractivity contribution < 1.29 is 14.3 Å². The van der Waals surface area contributed by atoms with Crippen LogP contribution in [0.1, 0.15) is 34.8 Å². The number of thiophene rings is 1. The van der Waals surface area contributed by atoms with Crippen LogP contribution in [0.4, 0.5) is 4.39 Å². The molecule has 3 rings (SSSR count). The van der Waals surface area contributed by atoms with Crippen LogP contribution in [0.3, 0.4) is 0 Å². The Morgan fingerprint density at radius 2 is 1.88 bits per heavy atom. The van der Waals surface area contributed by atoms with Gasteiger partial charge < -0.3 is 10.8 Å². The molecule has 0 atom stereocenters. The van der Waals surface area contributed by atoms with Crippen molar-refractivity contribution in [2.24, 2.45) is 5.73 Å². The highest BCUT2D eigenvalue weighted by Gasteiger charge is 2.24. The Kier molecular flexibility index (Phi) is 5.09. The Balaban J connectivity index is 2.43. The van der Waals surface area contributed by atoms with Crippen LogP contribution in [0.2, 0.25) is 0 Å². The van der Waals surface area contributed by atoms with E-state index in [4.69, 9.17) is 5.73 Å². The molecule has 0 spiro atoms. The van der Waals surface area contributed by atoms with E-state index in [1.807, 2.05) is 24.6 Å². The first-order valence-electron chi connectivity index (χ1n) is 8.41. The zero-order valence-electron chi connectivity index (χ0n) is 14.7. The molecule has 1 heterocycles. The summed E-state index contributed by atoms with van der Waals surface area (Å²) in [4.78, 5) is 12.2. The minimum atomic E-state index is -0.581. The number of halogens is 1. The summed E-state index contributed by atoms with van der Waals surface area (Å²) in [6, 6.07) is 7.90. The minimum absolute atomic E-state index is 0.0993. The van der Waals surface area contributed by atoms with Crippen LogP contribution >= 0.6 is 11.3 Å². The monoisotopic (exact) mass is 369 g/mol. The molecule has 134 valence electrons. The van der Waals surface area contributed by atoms with Gasteiger partial charge >= 0.3 is 0 Å². The van der Waals surface area contributed by atoms with Crippen molar-refractivity contribution in [2.75, 3.05) is 0 Å². The predicted octanol–water partition coefficient (Wildman–Crippen LogP) is 5.29. The Morgan fingerprint density at radius 1 is 1.19 bits per heavy atom. The summed E-state index contributed by atoms with van der Waals surface area (Å²) < 4.78 is 15.5. The second kappa shape index (κ2) is 7.30. The third-order valence-corrected chi connectivity index (χ3v) is 5.27. The molecule has 0 radical (unpaired) electrons. The summed E-state index contributed by atoms with van der Waals surface area (Å²) in [7, 11) is 0. The van der Waals surface area contributed by atoms with Crippen molar-refractivity contribution in [3.8, 4) is 28.0 Å². The van der Waals surface area contributed by atoms with Gasteiger partial charge in [-0.05, 0) is 64.6 Å². The number of nitrogens with two attached hydrogens (primary N) is 1. The van der Waals surface area contributed by atoms with Crippen LogP contribution in [0.25, 0.3) is 22.3 Å². The molecule has 0 bridgehead atoms. The third-order valence-electron chi connectivity index (χ3n) is 4.40. The van der Waals surface area contributed by atoms with E-state index in [1.165, 1.54) is 23.5 Å². The summed E-state index contributed by atoms with van der Waals surface area (Å²) in [6.07, 6.45) is 1.26. The van der Waals surface area contributed by atoms with Crippen molar-refractivity contribution in [1.29, 1.82) is 0 Å². The van der Waals surface area contributed by atoms with E-state index in [2.05, 4.69) is 0 Å². The molecule has 3 aromatic rings. The van der Waals surface area contributed by atoms with Crippen molar-refractivity contribution >= 4 is 17.2 Å². The van der Waals surface area contributed by atoms with Crippen LogP contribution < -0.4 is 5.73 Å². The maximum Gasteiger partial charge on any atom is 0.249 e. The standard InChI is InChI=1S/C21H20FNO2S/c1-3-4-14-9-16(21(23)25)19(17-11-26-10-12(17)2)18(20(14)22)13-5-7-15(24)8-6-13/h5-11,24H,3-4H2,1-2H3,(H2,23,25). The molecule has 5 heteroatoms. The third kappa shape index (κ3) is 3.22. The second-order valence-corrected chi connectivity index (χ2v) is 7.02. The van der Waals surface area contributed by atoms with Gasteiger partial charge in [0.25, 0.3) is 0 Å². The molecule has 3 N–H and O–H groups in total. The molecular formula is C21H20FNO2S. The highest BCUT2D eigenvalue weighted by molar-refractivity contribution is 7.08. The van der Waals surface area contributed by atoms with Gasteiger partial charge in [0, 0.05) is 16.7 Å². The largest absolute Gasteiger partial charge is 0.508 e. The fourth-order valence-corrected chi connectivity index (χ4v) is 3.99. The first kappa shape index (κ1) is 18.1. The van der Waals surface area contributed by atoms with Crippen molar-refractivity contribution in [3.05, 3.63) is 63.6 Å². The molecule has 1 amide bonds. The molecule has 3 nitrogen and oxygen atoms in total. The molecule has 1 aromatic heterocycles. The SMILES string of the molecule is CCCc1cc(C(N)=O)c(-c2cscc2C)c(-c2ccc(O)cc2)c1F. The van der Waals surface area contributed by atoms with Gasteiger partial charge in [-0.3, -0.25) is 4.79 Å². The van der Waals surface area contributed by atoms with E-state index in [-0.39, 0.29) is 11.6 Å². The van der Waals surface area contributed by atoms with E-state index in [0.717, 1.165) is 17.5 Å². The van der Waals surface area contributed by atoms with Gasteiger partial charge in [0.1, 0.15) is 11.6 Å². The number of primary amides is 1.